The molecule has 1 fully saturated rings. The Morgan fingerprint density at radius 3 is 2.00 bits per heavy atom. The van der Waals surface area contributed by atoms with Gasteiger partial charge >= 0.3 is 0 Å². The average molecular weight is 188 g/mol. The second-order valence-corrected chi connectivity index (χ2v) is 4.65. The molecule has 1 saturated heterocycles. The van der Waals surface area contributed by atoms with Crippen LogP contribution in [0.15, 0.2) is 0 Å². The summed E-state index contributed by atoms with van der Waals surface area (Å²) in [5.74, 6) is -0.970. The van der Waals surface area contributed by atoms with Crippen LogP contribution in [-0.4, -0.2) is 51.2 Å². The Morgan fingerprint density at radius 2 is 1.85 bits per heavy atom. The molecule has 0 amide bonds. The number of nitrogens with zero attached hydrogens (tertiary/aromatic N) is 1. The molecule has 0 radical (unpaired) electrons. The summed E-state index contributed by atoms with van der Waals surface area (Å²) < 4.78 is 1.00. The van der Waals surface area contributed by atoms with E-state index in [9.17, 15) is 9.90 Å². The minimum absolute atomic E-state index is 0.380. The predicted octanol–water partition coefficient (Wildman–Crippen LogP) is -1.19. The molecule has 1 heterocycles. The van der Waals surface area contributed by atoms with Gasteiger partial charge in [-0.15, -0.1) is 0 Å². The fourth-order valence-corrected chi connectivity index (χ4v) is 0.886. The molecule has 1 N–H and O–H groups in total. The van der Waals surface area contributed by atoms with Crippen LogP contribution in [0, 0.1) is 0 Å². The fraction of sp³-hybridized carbons (Fsp3) is 0.889. The van der Waals surface area contributed by atoms with Crippen molar-refractivity contribution in [2.24, 2.45) is 0 Å². The van der Waals surface area contributed by atoms with E-state index in [1.807, 2.05) is 0 Å². The van der Waals surface area contributed by atoms with E-state index in [-0.39, 0.29) is 6.04 Å². The highest BCUT2D eigenvalue weighted by Crippen LogP contribution is 2.02. The van der Waals surface area contributed by atoms with Gasteiger partial charge in [0, 0.05) is 6.04 Å². The van der Waals surface area contributed by atoms with E-state index in [4.69, 9.17) is 0 Å². The van der Waals surface area contributed by atoms with Gasteiger partial charge in [-0.2, -0.15) is 0 Å². The molecule has 4 nitrogen and oxygen atoms in total. The van der Waals surface area contributed by atoms with Crippen LogP contribution >= 0.6 is 0 Å². The van der Waals surface area contributed by atoms with Gasteiger partial charge in [0.25, 0.3) is 0 Å². The molecule has 1 atom stereocenters. The molecule has 0 aliphatic carbocycles. The van der Waals surface area contributed by atoms with Crippen molar-refractivity contribution >= 4 is 5.97 Å². The molecule has 0 aromatic rings. The van der Waals surface area contributed by atoms with Gasteiger partial charge in [0.15, 0.2) is 0 Å². The Hall–Kier alpha value is -0.610. The summed E-state index contributed by atoms with van der Waals surface area (Å²) in [7, 11) is 8.50. The molecule has 1 aliphatic heterocycles. The van der Waals surface area contributed by atoms with Crippen LogP contribution in [0.3, 0.4) is 0 Å². The molecule has 1 aliphatic rings. The van der Waals surface area contributed by atoms with Crippen molar-refractivity contribution in [1.29, 1.82) is 0 Å². The van der Waals surface area contributed by atoms with Gasteiger partial charge in [-0.1, -0.05) is 0 Å². The molecule has 0 unspecified atom stereocenters. The second kappa shape index (κ2) is 5.19. The summed E-state index contributed by atoms with van der Waals surface area (Å²) in [4.78, 5) is 10.0. The third-order valence-electron chi connectivity index (χ3n) is 1.34. The molecule has 0 spiro atoms. The number of quaternary nitrogens is 1. The van der Waals surface area contributed by atoms with E-state index in [0.29, 0.717) is 0 Å². The summed E-state index contributed by atoms with van der Waals surface area (Å²) >= 11 is 0. The van der Waals surface area contributed by atoms with Gasteiger partial charge in [0.05, 0.1) is 34.2 Å². The number of aliphatic carboxylic acids is 1. The first-order valence-corrected chi connectivity index (χ1v) is 4.54. The van der Waals surface area contributed by atoms with Crippen molar-refractivity contribution in [2.75, 3.05) is 34.7 Å². The van der Waals surface area contributed by atoms with Gasteiger partial charge in [0.1, 0.15) is 0 Å². The number of nitrogens with one attached hydrogen (secondary N) is 1. The highest BCUT2D eigenvalue weighted by molar-refractivity contribution is 5.71. The van der Waals surface area contributed by atoms with Gasteiger partial charge in [-0.05, 0) is 19.4 Å². The van der Waals surface area contributed by atoms with Gasteiger partial charge in [-0.3, -0.25) is 0 Å². The van der Waals surface area contributed by atoms with Crippen molar-refractivity contribution < 1.29 is 14.4 Å². The lowest BCUT2D eigenvalue weighted by atomic mass is 10.2. The summed E-state index contributed by atoms with van der Waals surface area (Å²) in [6.07, 6.45) is 1.68. The Kier molecular flexibility index (Phi) is 4.95. The van der Waals surface area contributed by atoms with Crippen LogP contribution in [0.4, 0.5) is 0 Å². The smallest absolute Gasteiger partial charge is 0.0675 e. The normalized spacial score (nSPS) is 22.0. The fourth-order valence-electron chi connectivity index (χ4n) is 0.886. The lowest BCUT2D eigenvalue weighted by Gasteiger charge is -2.14. The number of carboxylic acids is 1. The van der Waals surface area contributed by atoms with Crippen LogP contribution in [0.5, 0.6) is 0 Å². The van der Waals surface area contributed by atoms with Crippen molar-refractivity contribution in [3.05, 3.63) is 0 Å². The summed E-state index contributed by atoms with van der Waals surface area (Å²) in [6, 6.07) is -0.380. The average Bonchev–Trinajstić information content (AvgIpc) is 2.31. The molecular formula is C9H20N2O2. The maximum atomic E-state index is 10.0. The summed E-state index contributed by atoms with van der Waals surface area (Å²) in [5.41, 5.74) is 0. The molecular weight excluding hydrogens is 168 g/mol. The first-order valence-electron chi connectivity index (χ1n) is 4.54. The zero-order chi connectivity index (χ0) is 10.5. The zero-order valence-corrected chi connectivity index (χ0v) is 8.96. The van der Waals surface area contributed by atoms with Crippen LogP contribution in [0.2, 0.25) is 0 Å². The van der Waals surface area contributed by atoms with Crippen molar-refractivity contribution in [3.8, 4) is 0 Å². The highest BCUT2D eigenvalue weighted by atomic mass is 16.4. The van der Waals surface area contributed by atoms with E-state index in [1.165, 1.54) is 0 Å². The molecule has 0 bridgehead atoms. The number of carbonyl (C=O) groups excluding carboxylic acids is 1. The van der Waals surface area contributed by atoms with Crippen LogP contribution in [0.25, 0.3) is 0 Å². The van der Waals surface area contributed by atoms with Gasteiger partial charge in [0.2, 0.25) is 0 Å². The quantitative estimate of drug-likeness (QED) is 0.526. The lowest BCUT2D eigenvalue weighted by molar-refractivity contribution is -0.849. The van der Waals surface area contributed by atoms with Gasteiger partial charge < -0.3 is 19.7 Å². The lowest BCUT2D eigenvalue weighted by Crippen LogP contribution is -2.41. The topological polar surface area (TPSA) is 52.2 Å². The van der Waals surface area contributed by atoms with Crippen molar-refractivity contribution in [2.45, 2.75) is 18.9 Å². The Labute approximate surface area is 80.1 Å². The van der Waals surface area contributed by atoms with E-state index in [0.717, 1.165) is 23.9 Å². The first kappa shape index (κ1) is 12.4. The standard InChI is InChI=1S/C5H9NO2.C4H12N/c7-5(8)4-2-1-3-6-4;1-5(2,3)4/h4,6H,1-3H2,(H,7,8);1-4H3/q;+1/p-1/t4-;/m0./s1. The molecule has 0 saturated carbocycles. The van der Waals surface area contributed by atoms with Gasteiger partial charge in [-0.25, -0.2) is 0 Å². The Morgan fingerprint density at radius 1 is 1.38 bits per heavy atom. The summed E-state index contributed by atoms with van der Waals surface area (Å²) in [6.45, 7) is 0.818. The highest BCUT2D eigenvalue weighted by Gasteiger charge is 2.13. The van der Waals surface area contributed by atoms with Crippen molar-refractivity contribution in [1.82, 2.24) is 5.32 Å². The van der Waals surface area contributed by atoms with E-state index >= 15 is 0 Å². The van der Waals surface area contributed by atoms with E-state index in [1.54, 1.807) is 0 Å². The van der Waals surface area contributed by atoms with Crippen molar-refractivity contribution in [3.63, 3.8) is 0 Å². The maximum absolute atomic E-state index is 10.0. The summed E-state index contributed by atoms with van der Waals surface area (Å²) in [5, 5.41) is 12.8. The van der Waals surface area contributed by atoms with Crippen LogP contribution in [-0.2, 0) is 4.79 Å². The third kappa shape index (κ3) is 9.30. The molecule has 4 heteroatoms. The molecule has 78 valence electrons. The molecule has 13 heavy (non-hydrogen) atoms. The Bertz CT molecular complexity index is 151. The van der Waals surface area contributed by atoms with Crippen LogP contribution < -0.4 is 10.4 Å². The predicted molar refractivity (Wildman–Crippen MR) is 50.0 cm³/mol. The molecule has 0 aromatic carbocycles. The molecule has 0 aromatic heterocycles. The number of hydrogen-bond acceptors (Lipinski definition) is 3. The zero-order valence-electron chi connectivity index (χ0n) is 8.96. The second-order valence-electron chi connectivity index (χ2n) is 4.65. The first-order chi connectivity index (χ1) is 5.80. The van der Waals surface area contributed by atoms with E-state index < -0.39 is 5.97 Å². The number of carboxylic acid groups (broad SMARTS) is 1. The minimum Gasteiger partial charge on any atom is -0.548 e. The third-order valence-corrected chi connectivity index (χ3v) is 1.34. The largest absolute Gasteiger partial charge is 0.548 e. The SMILES string of the molecule is C[N+](C)(C)C.O=C([O-])[C@@H]1CCCN1. The molecule has 1 rings (SSSR count). The number of hydrogen-bond donors (Lipinski definition) is 1. The minimum atomic E-state index is -0.970. The monoisotopic (exact) mass is 188 g/mol. The number of rotatable bonds is 1. The Balaban J connectivity index is 0.000000252. The van der Waals surface area contributed by atoms with Crippen LogP contribution in [0.1, 0.15) is 12.8 Å². The van der Waals surface area contributed by atoms with E-state index in [2.05, 4.69) is 33.5 Å². The maximum Gasteiger partial charge on any atom is 0.0675 e. The number of carbonyl (C=O) groups is 1.